The van der Waals surface area contributed by atoms with Gasteiger partial charge in [0, 0.05) is 25.2 Å². The second-order valence-electron chi connectivity index (χ2n) is 8.28. The first-order chi connectivity index (χ1) is 15.0. The molecule has 0 radical (unpaired) electrons. The first kappa shape index (κ1) is 21.8. The zero-order valence-electron chi connectivity index (χ0n) is 18.0. The lowest BCUT2D eigenvalue weighted by molar-refractivity contribution is 0.0735. The van der Waals surface area contributed by atoms with Gasteiger partial charge in [0.1, 0.15) is 5.75 Å². The van der Waals surface area contributed by atoms with Gasteiger partial charge in [-0.05, 0) is 61.6 Å². The Morgan fingerprint density at radius 3 is 2.42 bits per heavy atom. The second-order valence-corrected chi connectivity index (χ2v) is 10.2. The Morgan fingerprint density at radius 2 is 1.68 bits per heavy atom. The van der Waals surface area contributed by atoms with Gasteiger partial charge in [-0.2, -0.15) is 4.31 Å². The maximum atomic E-state index is 13.4. The van der Waals surface area contributed by atoms with E-state index >= 15 is 0 Å². The average molecular weight is 443 g/mol. The van der Waals surface area contributed by atoms with Crippen LogP contribution in [0.15, 0.2) is 53.4 Å². The van der Waals surface area contributed by atoms with E-state index in [2.05, 4.69) is 0 Å². The van der Waals surface area contributed by atoms with Crippen molar-refractivity contribution in [3.05, 3.63) is 59.7 Å². The fraction of sp³-hybridized carbons (Fsp3) is 0.458. The molecule has 0 aromatic heterocycles. The number of hydrogen-bond acceptors (Lipinski definition) is 4. The lowest BCUT2D eigenvalue weighted by Crippen LogP contribution is -2.33. The van der Waals surface area contributed by atoms with Crippen molar-refractivity contribution >= 4 is 15.9 Å². The number of rotatable bonds is 5. The lowest BCUT2D eigenvalue weighted by atomic mass is 10.0. The summed E-state index contributed by atoms with van der Waals surface area (Å²) in [5.41, 5.74) is 1.46. The van der Waals surface area contributed by atoms with Crippen LogP contribution < -0.4 is 4.74 Å². The molecule has 2 aromatic carbocycles. The highest BCUT2D eigenvalue weighted by Gasteiger charge is 2.32. The van der Waals surface area contributed by atoms with Crippen LogP contribution in [0.4, 0.5) is 0 Å². The van der Waals surface area contributed by atoms with E-state index < -0.39 is 10.0 Å². The van der Waals surface area contributed by atoms with Gasteiger partial charge >= 0.3 is 0 Å². The maximum Gasteiger partial charge on any atom is 0.254 e. The molecule has 2 aliphatic heterocycles. The Morgan fingerprint density at radius 1 is 0.935 bits per heavy atom. The molecule has 4 rings (SSSR count). The first-order valence-corrected chi connectivity index (χ1v) is 12.5. The van der Waals surface area contributed by atoms with Crippen molar-refractivity contribution in [2.75, 3.05) is 26.7 Å². The molecule has 2 aliphatic rings. The van der Waals surface area contributed by atoms with E-state index in [0.29, 0.717) is 25.2 Å². The summed E-state index contributed by atoms with van der Waals surface area (Å²) in [6.45, 7) is 1.75. The molecule has 31 heavy (non-hydrogen) atoms. The molecule has 0 bridgehead atoms. The Labute approximate surface area is 184 Å². The number of amides is 1. The van der Waals surface area contributed by atoms with Crippen LogP contribution in [-0.2, 0) is 10.0 Å². The maximum absolute atomic E-state index is 13.4. The standard InChI is InChI=1S/C24H30N2O4S/c1-30-21-11-6-9-19(17-21)23-13-8-16-26(23)24(27)20-10-7-12-22(18-20)31(28,29)25-14-4-2-3-5-15-25/h6-7,9-12,17-18,23H,2-5,8,13-16H2,1H3. The van der Waals surface area contributed by atoms with Gasteiger partial charge < -0.3 is 9.64 Å². The summed E-state index contributed by atoms with van der Waals surface area (Å²) >= 11 is 0. The van der Waals surface area contributed by atoms with Crippen molar-refractivity contribution in [2.45, 2.75) is 49.5 Å². The Kier molecular flexibility index (Phi) is 6.62. The second kappa shape index (κ2) is 9.40. The smallest absolute Gasteiger partial charge is 0.254 e. The fourth-order valence-corrected chi connectivity index (χ4v) is 6.16. The summed E-state index contributed by atoms with van der Waals surface area (Å²) < 4.78 is 33.3. The molecule has 0 spiro atoms. The summed E-state index contributed by atoms with van der Waals surface area (Å²) in [6.07, 6.45) is 5.68. The molecule has 166 valence electrons. The Balaban J connectivity index is 1.59. The largest absolute Gasteiger partial charge is 0.497 e. The molecule has 2 heterocycles. The van der Waals surface area contributed by atoms with Gasteiger partial charge in [0.2, 0.25) is 10.0 Å². The quantitative estimate of drug-likeness (QED) is 0.695. The van der Waals surface area contributed by atoms with Crippen LogP contribution >= 0.6 is 0 Å². The summed E-state index contributed by atoms with van der Waals surface area (Å²) in [5, 5.41) is 0. The molecular weight excluding hydrogens is 412 g/mol. The van der Waals surface area contributed by atoms with Gasteiger partial charge in [-0.25, -0.2) is 8.42 Å². The number of benzene rings is 2. The third kappa shape index (κ3) is 4.62. The minimum absolute atomic E-state index is 0.0338. The number of methoxy groups -OCH3 is 1. The minimum Gasteiger partial charge on any atom is -0.497 e. The van der Waals surface area contributed by atoms with E-state index in [-0.39, 0.29) is 16.8 Å². The first-order valence-electron chi connectivity index (χ1n) is 11.1. The number of sulfonamides is 1. The highest BCUT2D eigenvalue weighted by atomic mass is 32.2. The minimum atomic E-state index is -3.59. The molecule has 1 atom stereocenters. The van der Waals surface area contributed by atoms with E-state index in [9.17, 15) is 13.2 Å². The van der Waals surface area contributed by atoms with Crippen molar-refractivity contribution in [3.63, 3.8) is 0 Å². The molecule has 2 aromatic rings. The molecule has 7 heteroatoms. The zero-order chi connectivity index (χ0) is 21.8. The van der Waals surface area contributed by atoms with Crippen molar-refractivity contribution < 1.29 is 17.9 Å². The zero-order valence-corrected chi connectivity index (χ0v) is 18.8. The number of hydrogen-bond donors (Lipinski definition) is 0. The van der Waals surface area contributed by atoms with Gasteiger partial charge in [-0.3, -0.25) is 4.79 Å². The van der Waals surface area contributed by atoms with Gasteiger partial charge in [-0.1, -0.05) is 31.0 Å². The monoisotopic (exact) mass is 442 g/mol. The van der Waals surface area contributed by atoms with Crippen LogP contribution in [0.5, 0.6) is 5.75 Å². The van der Waals surface area contributed by atoms with E-state index in [1.54, 1.807) is 35.7 Å². The summed E-state index contributed by atoms with van der Waals surface area (Å²) in [4.78, 5) is 15.4. The number of nitrogens with zero attached hydrogens (tertiary/aromatic N) is 2. The normalized spacial score (nSPS) is 20.4. The van der Waals surface area contributed by atoms with Crippen LogP contribution in [0, 0.1) is 0 Å². The number of carbonyl (C=O) groups is 1. The Bertz CT molecular complexity index is 1030. The third-order valence-corrected chi connectivity index (χ3v) is 8.17. The van der Waals surface area contributed by atoms with Crippen LogP contribution in [0.3, 0.4) is 0 Å². The fourth-order valence-electron chi connectivity index (χ4n) is 4.59. The Hall–Kier alpha value is -2.38. The summed E-state index contributed by atoms with van der Waals surface area (Å²) in [6, 6.07) is 14.3. The summed E-state index contributed by atoms with van der Waals surface area (Å²) in [7, 11) is -1.96. The molecule has 6 nitrogen and oxygen atoms in total. The van der Waals surface area contributed by atoms with E-state index in [4.69, 9.17) is 4.74 Å². The van der Waals surface area contributed by atoms with Crippen LogP contribution in [0.2, 0.25) is 0 Å². The summed E-state index contributed by atoms with van der Waals surface area (Å²) in [5.74, 6) is 0.639. The predicted octanol–water partition coefficient (Wildman–Crippen LogP) is 4.24. The highest BCUT2D eigenvalue weighted by Crippen LogP contribution is 2.35. The molecule has 0 saturated carbocycles. The van der Waals surface area contributed by atoms with Crippen molar-refractivity contribution in [1.29, 1.82) is 0 Å². The van der Waals surface area contributed by atoms with Crippen molar-refractivity contribution in [1.82, 2.24) is 9.21 Å². The molecule has 1 amide bonds. The number of likely N-dealkylation sites (tertiary alicyclic amines) is 1. The average Bonchev–Trinajstić information content (AvgIpc) is 3.12. The van der Waals surface area contributed by atoms with Gasteiger partial charge in [0.25, 0.3) is 5.91 Å². The van der Waals surface area contributed by atoms with Gasteiger partial charge in [-0.15, -0.1) is 0 Å². The molecular formula is C24H30N2O4S. The van der Waals surface area contributed by atoms with Gasteiger partial charge in [0.15, 0.2) is 0 Å². The third-order valence-electron chi connectivity index (χ3n) is 6.28. The molecule has 2 saturated heterocycles. The molecule has 0 N–H and O–H groups in total. The topological polar surface area (TPSA) is 66.9 Å². The molecule has 2 fully saturated rings. The van der Waals surface area contributed by atoms with Gasteiger partial charge in [0.05, 0.1) is 18.0 Å². The van der Waals surface area contributed by atoms with Crippen LogP contribution in [0.1, 0.15) is 60.5 Å². The molecule has 0 aliphatic carbocycles. The SMILES string of the molecule is COc1cccc(C2CCCN2C(=O)c2cccc(S(=O)(=O)N3CCCCCC3)c2)c1. The van der Waals surface area contributed by atoms with Crippen LogP contribution in [0.25, 0.3) is 0 Å². The van der Waals surface area contributed by atoms with E-state index in [1.165, 1.54) is 0 Å². The highest BCUT2D eigenvalue weighted by molar-refractivity contribution is 7.89. The predicted molar refractivity (Wildman–Crippen MR) is 120 cm³/mol. The van der Waals surface area contributed by atoms with Crippen molar-refractivity contribution in [2.24, 2.45) is 0 Å². The lowest BCUT2D eigenvalue weighted by Gasteiger charge is -2.26. The van der Waals surface area contributed by atoms with Crippen LogP contribution in [-0.4, -0.2) is 50.3 Å². The number of ether oxygens (including phenoxy) is 1. The molecule has 1 unspecified atom stereocenters. The number of carbonyl (C=O) groups excluding carboxylic acids is 1. The van der Waals surface area contributed by atoms with Crippen molar-refractivity contribution in [3.8, 4) is 5.75 Å². The van der Waals surface area contributed by atoms with E-state index in [1.807, 2.05) is 29.2 Å². The van der Waals surface area contributed by atoms with E-state index in [0.717, 1.165) is 49.8 Å².